The zero-order valence-electron chi connectivity index (χ0n) is 9.78. The first-order valence-electron chi connectivity index (χ1n) is 5.18. The van der Waals surface area contributed by atoms with Crippen LogP contribution < -0.4 is 10.5 Å². The van der Waals surface area contributed by atoms with Gasteiger partial charge in [-0.15, -0.1) is 0 Å². The molecule has 0 fully saturated rings. The molecule has 0 aromatic heterocycles. The molecular weight excluding hydrogens is 283 g/mol. The second-order valence-electron chi connectivity index (χ2n) is 4.04. The standard InChI is InChI=1S/C11H10F3NO3S/c1-6-10(15)8-3-2-7(18-5-11(12,13)14)4-9(8)19(6,16)17/h2-4H,5,15H2,1H3. The molecule has 0 saturated heterocycles. The fraction of sp³-hybridized carbons (Fsp3) is 0.273. The molecule has 19 heavy (non-hydrogen) atoms. The highest BCUT2D eigenvalue weighted by atomic mass is 32.2. The molecule has 4 nitrogen and oxygen atoms in total. The topological polar surface area (TPSA) is 69.4 Å². The summed E-state index contributed by atoms with van der Waals surface area (Å²) >= 11 is 0. The molecule has 0 atom stereocenters. The number of halogens is 3. The van der Waals surface area contributed by atoms with Gasteiger partial charge in [0.05, 0.1) is 15.5 Å². The Morgan fingerprint density at radius 2 is 1.95 bits per heavy atom. The molecule has 104 valence electrons. The van der Waals surface area contributed by atoms with Gasteiger partial charge in [-0.3, -0.25) is 0 Å². The van der Waals surface area contributed by atoms with E-state index in [1.54, 1.807) is 0 Å². The van der Waals surface area contributed by atoms with Crippen LogP contribution in [0.4, 0.5) is 13.2 Å². The number of hydrogen-bond acceptors (Lipinski definition) is 4. The smallest absolute Gasteiger partial charge is 0.422 e. The third-order valence-electron chi connectivity index (χ3n) is 2.72. The zero-order chi connectivity index (χ0) is 14.4. The highest BCUT2D eigenvalue weighted by molar-refractivity contribution is 7.95. The number of fused-ring (bicyclic) bond motifs is 1. The first-order valence-corrected chi connectivity index (χ1v) is 6.66. The number of alkyl halides is 3. The van der Waals surface area contributed by atoms with Gasteiger partial charge >= 0.3 is 6.18 Å². The molecule has 1 aliphatic heterocycles. The maximum absolute atomic E-state index is 12.0. The Morgan fingerprint density at radius 1 is 1.32 bits per heavy atom. The highest BCUT2D eigenvalue weighted by Crippen LogP contribution is 2.38. The average molecular weight is 293 g/mol. The van der Waals surface area contributed by atoms with Crippen LogP contribution in [0.2, 0.25) is 0 Å². The van der Waals surface area contributed by atoms with Crippen molar-refractivity contribution in [1.82, 2.24) is 0 Å². The van der Waals surface area contributed by atoms with Gasteiger partial charge in [0.2, 0.25) is 9.84 Å². The van der Waals surface area contributed by atoms with Crippen molar-refractivity contribution >= 4 is 15.5 Å². The van der Waals surface area contributed by atoms with E-state index in [-0.39, 0.29) is 26.8 Å². The summed E-state index contributed by atoms with van der Waals surface area (Å²) in [7, 11) is -3.72. The van der Waals surface area contributed by atoms with Crippen molar-refractivity contribution in [3.8, 4) is 5.75 Å². The molecule has 0 aliphatic carbocycles. The van der Waals surface area contributed by atoms with Crippen molar-refractivity contribution in [1.29, 1.82) is 0 Å². The van der Waals surface area contributed by atoms with Crippen LogP contribution in [0.25, 0.3) is 5.70 Å². The van der Waals surface area contributed by atoms with Crippen LogP contribution in [0, 0.1) is 0 Å². The third-order valence-corrected chi connectivity index (χ3v) is 4.66. The Hall–Kier alpha value is -1.70. The van der Waals surface area contributed by atoms with Crippen molar-refractivity contribution in [2.45, 2.75) is 18.0 Å². The van der Waals surface area contributed by atoms with Gasteiger partial charge in [0.15, 0.2) is 6.61 Å². The number of benzene rings is 1. The van der Waals surface area contributed by atoms with Crippen LogP contribution in [-0.4, -0.2) is 21.2 Å². The Labute approximate surface area is 107 Å². The second kappa shape index (κ2) is 4.16. The molecule has 0 spiro atoms. The summed E-state index contributed by atoms with van der Waals surface area (Å²) < 4.78 is 64.4. The van der Waals surface area contributed by atoms with E-state index in [9.17, 15) is 21.6 Å². The molecule has 1 aromatic carbocycles. The number of nitrogens with two attached hydrogens (primary N) is 1. The maximum atomic E-state index is 12.0. The molecule has 2 rings (SSSR count). The average Bonchev–Trinajstić information content (AvgIpc) is 2.48. The summed E-state index contributed by atoms with van der Waals surface area (Å²) in [5.74, 6) is -0.165. The quantitative estimate of drug-likeness (QED) is 0.906. The zero-order valence-corrected chi connectivity index (χ0v) is 10.6. The van der Waals surface area contributed by atoms with E-state index >= 15 is 0 Å². The predicted molar refractivity (Wildman–Crippen MR) is 62.0 cm³/mol. The maximum Gasteiger partial charge on any atom is 0.422 e. The van der Waals surface area contributed by atoms with Crippen LogP contribution >= 0.6 is 0 Å². The normalized spacial score (nSPS) is 17.5. The molecular formula is C11H10F3NO3S. The lowest BCUT2D eigenvalue weighted by Gasteiger charge is -2.10. The summed E-state index contributed by atoms with van der Waals surface area (Å²) in [6.45, 7) is -0.130. The molecule has 8 heteroatoms. The van der Waals surface area contributed by atoms with Gasteiger partial charge in [0, 0.05) is 5.56 Å². The predicted octanol–water partition coefficient (Wildman–Crippen LogP) is 2.06. The van der Waals surface area contributed by atoms with E-state index in [0.29, 0.717) is 0 Å². The van der Waals surface area contributed by atoms with Crippen LogP contribution in [0.3, 0.4) is 0 Å². The molecule has 0 radical (unpaired) electrons. The lowest BCUT2D eigenvalue weighted by molar-refractivity contribution is -0.153. The highest BCUT2D eigenvalue weighted by Gasteiger charge is 2.33. The van der Waals surface area contributed by atoms with E-state index in [4.69, 9.17) is 5.73 Å². The summed E-state index contributed by atoms with van der Waals surface area (Å²) in [6.07, 6.45) is -4.48. The molecule has 2 N–H and O–H groups in total. The Balaban J connectivity index is 2.37. The number of sulfone groups is 1. The number of ether oxygens (including phenoxy) is 1. The first-order chi connectivity index (χ1) is 8.63. The minimum atomic E-state index is -4.48. The molecule has 1 aliphatic rings. The van der Waals surface area contributed by atoms with Gasteiger partial charge < -0.3 is 10.5 Å². The SMILES string of the molecule is CC1=C(N)c2ccc(OCC(F)(F)F)cc2S1(=O)=O. The fourth-order valence-electron chi connectivity index (χ4n) is 1.70. The van der Waals surface area contributed by atoms with Crippen LogP contribution in [0.5, 0.6) is 5.75 Å². The van der Waals surface area contributed by atoms with Crippen molar-refractivity contribution in [2.24, 2.45) is 5.73 Å². The summed E-state index contributed by atoms with van der Waals surface area (Å²) in [5.41, 5.74) is 6.04. The summed E-state index contributed by atoms with van der Waals surface area (Å²) in [4.78, 5) is -0.127. The van der Waals surface area contributed by atoms with Crippen molar-refractivity contribution in [3.63, 3.8) is 0 Å². The van der Waals surface area contributed by atoms with Crippen molar-refractivity contribution in [2.75, 3.05) is 6.61 Å². The van der Waals surface area contributed by atoms with Gasteiger partial charge in [0.25, 0.3) is 0 Å². The molecule has 0 unspecified atom stereocenters. The van der Waals surface area contributed by atoms with Gasteiger partial charge in [0.1, 0.15) is 5.75 Å². The lowest BCUT2D eigenvalue weighted by atomic mass is 10.1. The van der Waals surface area contributed by atoms with Crippen LogP contribution in [-0.2, 0) is 9.84 Å². The van der Waals surface area contributed by atoms with E-state index in [0.717, 1.165) is 6.07 Å². The van der Waals surface area contributed by atoms with E-state index in [1.165, 1.54) is 19.1 Å². The van der Waals surface area contributed by atoms with E-state index < -0.39 is 22.6 Å². The minimum absolute atomic E-state index is 0.00419. The summed E-state index contributed by atoms with van der Waals surface area (Å²) in [5, 5.41) is 0. The van der Waals surface area contributed by atoms with Crippen molar-refractivity contribution in [3.05, 3.63) is 28.7 Å². The Morgan fingerprint density at radius 3 is 2.53 bits per heavy atom. The molecule has 1 aromatic rings. The van der Waals surface area contributed by atoms with Crippen LogP contribution in [0.15, 0.2) is 28.0 Å². The molecule has 0 bridgehead atoms. The van der Waals surface area contributed by atoms with Crippen molar-refractivity contribution < 1.29 is 26.3 Å². The second-order valence-corrected chi connectivity index (χ2v) is 6.09. The van der Waals surface area contributed by atoms with Gasteiger partial charge in [-0.05, 0) is 25.1 Å². The summed E-state index contributed by atoms with van der Waals surface area (Å²) in [6, 6.07) is 3.65. The molecule has 0 amide bonds. The van der Waals surface area contributed by atoms with Gasteiger partial charge in [-0.1, -0.05) is 0 Å². The lowest BCUT2D eigenvalue weighted by Crippen LogP contribution is -2.19. The number of hydrogen-bond donors (Lipinski definition) is 1. The van der Waals surface area contributed by atoms with Crippen LogP contribution in [0.1, 0.15) is 12.5 Å². The third kappa shape index (κ3) is 2.40. The first kappa shape index (κ1) is 13.7. The number of rotatable bonds is 2. The molecule has 1 heterocycles. The number of allylic oxidation sites excluding steroid dienone is 1. The Bertz CT molecular complexity index is 662. The van der Waals surface area contributed by atoms with Gasteiger partial charge in [-0.25, -0.2) is 8.42 Å². The monoisotopic (exact) mass is 293 g/mol. The minimum Gasteiger partial charge on any atom is -0.484 e. The Kier molecular flexibility index (Phi) is 3.00. The van der Waals surface area contributed by atoms with E-state index in [1.807, 2.05) is 0 Å². The fourth-order valence-corrected chi connectivity index (χ4v) is 3.17. The van der Waals surface area contributed by atoms with E-state index in [2.05, 4.69) is 4.74 Å². The molecule has 0 saturated carbocycles. The van der Waals surface area contributed by atoms with Gasteiger partial charge in [-0.2, -0.15) is 13.2 Å². The largest absolute Gasteiger partial charge is 0.484 e.